The molecule has 25 heavy (non-hydrogen) atoms. The summed E-state index contributed by atoms with van der Waals surface area (Å²) < 4.78 is 18.6. The summed E-state index contributed by atoms with van der Waals surface area (Å²) >= 11 is 1.36. The number of benzene rings is 2. The number of furan rings is 1. The SMILES string of the molecule is Cc1sc(NC(=O)c2cc3ccccc3o2)nc1-c1ccc(F)cc1. The van der Waals surface area contributed by atoms with Crippen LogP contribution in [0.4, 0.5) is 9.52 Å². The fourth-order valence-corrected chi connectivity index (χ4v) is 3.41. The average molecular weight is 352 g/mol. The highest BCUT2D eigenvalue weighted by atomic mass is 32.1. The van der Waals surface area contributed by atoms with E-state index in [1.807, 2.05) is 31.2 Å². The van der Waals surface area contributed by atoms with Gasteiger partial charge in [0.15, 0.2) is 10.9 Å². The van der Waals surface area contributed by atoms with E-state index in [9.17, 15) is 9.18 Å². The van der Waals surface area contributed by atoms with Crippen molar-refractivity contribution in [1.29, 1.82) is 0 Å². The van der Waals surface area contributed by atoms with Crippen LogP contribution in [0.5, 0.6) is 0 Å². The summed E-state index contributed by atoms with van der Waals surface area (Å²) in [4.78, 5) is 17.8. The minimum Gasteiger partial charge on any atom is -0.451 e. The highest BCUT2D eigenvalue weighted by Gasteiger charge is 2.16. The summed E-state index contributed by atoms with van der Waals surface area (Å²) in [5, 5.41) is 4.11. The number of anilines is 1. The number of halogens is 1. The Balaban J connectivity index is 1.59. The number of nitrogens with one attached hydrogen (secondary N) is 1. The molecule has 0 atom stereocenters. The van der Waals surface area contributed by atoms with Crippen LogP contribution in [-0.4, -0.2) is 10.9 Å². The van der Waals surface area contributed by atoms with Crippen LogP contribution in [0.25, 0.3) is 22.2 Å². The summed E-state index contributed by atoms with van der Waals surface area (Å²) in [6, 6.07) is 15.3. The summed E-state index contributed by atoms with van der Waals surface area (Å²) in [7, 11) is 0. The van der Waals surface area contributed by atoms with Gasteiger partial charge in [0, 0.05) is 15.8 Å². The number of amides is 1. The van der Waals surface area contributed by atoms with Crippen LogP contribution < -0.4 is 5.32 Å². The average Bonchev–Trinajstić information content (AvgIpc) is 3.19. The molecule has 0 aliphatic carbocycles. The van der Waals surface area contributed by atoms with E-state index >= 15 is 0 Å². The third-order valence-electron chi connectivity index (χ3n) is 3.78. The molecule has 0 aliphatic rings. The molecule has 0 spiro atoms. The Labute approximate surface area is 146 Å². The molecule has 2 aromatic carbocycles. The molecule has 0 bridgehead atoms. The molecule has 0 unspecified atom stereocenters. The maximum Gasteiger partial charge on any atom is 0.293 e. The lowest BCUT2D eigenvalue weighted by Crippen LogP contribution is -2.10. The largest absolute Gasteiger partial charge is 0.451 e. The van der Waals surface area contributed by atoms with Crippen molar-refractivity contribution in [3.63, 3.8) is 0 Å². The van der Waals surface area contributed by atoms with Crippen LogP contribution in [0.1, 0.15) is 15.4 Å². The van der Waals surface area contributed by atoms with E-state index in [4.69, 9.17) is 4.42 Å². The van der Waals surface area contributed by atoms with E-state index in [0.717, 1.165) is 21.5 Å². The molecule has 124 valence electrons. The molecular weight excluding hydrogens is 339 g/mol. The molecule has 0 fully saturated rings. The van der Waals surface area contributed by atoms with Crippen molar-refractivity contribution in [3.05, 3.63) is 71.1 Å². The Morgan fingerprint density at radius 2 is 1.92 bits per heavy atom. The topological polar surface area (TPSA) is 55.1 Å². The van der Waals surface area contributed by atoms with Crippen LogP contribution in [0.15, 0.2) is 59.0 Å². The van der Waals surface area contributed by atoms with Gasteiger partial charge >= 0.3 is 0 Å². The zero-order valence-corrected chi connectivity index (χ0v) is 14.1. The standard InChI is InChI=1S/C19H13FN2O2S/c1-11-17(12-6-8-14(20)9-7-12)21-19(25-11)22-18(23)16-10-13-4-2-3-5-15(13)24-16/h2-10H,1H3,(H,21,22,23). The van der Waals surface area contributed by atoms with Crippen LogP contribution in [0.3, 0.4) is 0 Å². The number of para-hydroxylation sites is 1. The second-order valence-electron chi connectivity index (χ2n) is 5.53. The summed E-state index contributed by atoms with van der Waals surface area (Å²) in [6.45, 7) is 1.91. The number of aryl methyl sites for hydroxylation is 1. The Kier molecular flexibility index (Phi) is 3.82. The van der Waals surface area contributed by atoms with Crippen molar-refractivity contribution in [2.45, 2.75) is 6.92 Å². The van der Waals surface area contributed by atoms with Crippen LogP contribution >= 0.6 is 11.3 Å². The lowest BCUT2D eigenvalue weighted by Gasteiger charge is -1.98. The van der Waals surface area contributed by atoms with Gasteiger partial charge in [-0.3, -0.25) is 10.1 Å². The number of carbonyl (C=O) groups excluding carboxylic acids is 1. The Bertz CT molecular complexity index is 1030. The number of thiazole rings is 1. The van der Waals surface area contributed by atoms with Gasteiger partial charge in [0.25, 0.3) is 5.91 Å². The molecule has 0 radical (unpaired) electrons. The van der Waals surface area contributed by atoms with E-state index in [1.54, 1.807) is 18.2 Å². The second kappa shape index (κ2) is 6.14. The molecule has 4 nitrogen and oxygen atoms in total. The van der Waals surface area contributed by atoms with E-state index in [0.29, 0.717) is 10.7 Å². The van der Waals surface area contributed by atoms with Gasteiger partial charge in [-0.15, -0.1) is 11.3 Å². The fourth-order valence-electron chi connectivity index (χ4n) is 2.58. The highest BCUT2D eigenvalue weighted by molar-refractivity contribution is 7.16. The molecule has 2 heterocycles. The Morgan fingerprint density at radius 3 is 2.68 bits per heavy atom. The van der Waals surface area contributed by atoms with Crippen molar-refractivity contribution in [1.82, 2.24) is 4.98 Å². The van der Waals surface area contributed by atoms with E-state index in [2.05, 4.69) is 10.3 Å². The van der Waals surface area contributed by atoms with Crippen molar-refractivity contribution < 1.29 is 13.6 Å². The normalized spacial score (nSPS) is 11.0. The molecule has 1 amide bonds. The predicted octanol–water partition coefficient (Wildman–Crippen LogP) is 5.26. The van der Waals surface area contributed by atoms with Gasteiger partial charge in [0.2, 0.25) is 0 Å². The summed E-state index contributed by atoms with van der Waals surface area (Å²) in [6.07, 6.45) is 0. The molecule has 4 rings (SSSR count). The smallest absolute Gasteiger partial charge is 0.293 e. The second-order valence-corrected chi connectivity index (χ2v) is 6.74. The minimum absolute atomic E-state index is 0.234. The van der Waals surface area contributed by atoms with Crippen LogP contribution in [-0.2, 0) is 0 Å². The maximum absolute atomic E-state index is 13.1. The molecule has 0 aliphatic heterocycles. The van der Waals surface area contributed by atoms with Crippen LogP contribution in [0, 0.1) is 12.7 Å². The van der Waals surface area contributed by atoms with Gasteiger partial charge in [-0.25, -0.2) is 9.37 Å². The number of carbonyl (C=O) groups is 1. The lowest BCUT2D eigenvalue weighted by molar-refractivity contribution is 0.0998. The van der Waals surface area contributed by atoms with E-state index in [1.165, 1.54) is 23.5 Å². The molecule has 1 N–H and O–H groups in total. The number of fused-ring (bicyclic) bond motifs is 1. The first-order valence-corrected chi connectivity index (χ1v) is 8.45. The number of rotatable bonds is 3. The zero-order chi connectivity index (χ0) is 17.4. The van der Waals surface area contributed by atoms with Crippen molar-refractivity contribution >= 4 is 33.3 Å². The lowest BCUT2D eigenvalue weighted by atomic mass is 10.1. The van der Waals surface area contributed by atoms with Gasteiger partial charge in [0.05, 0.1) is 5.69 Å². The molecular formula is C19H13FN2O2S. The van der Waals surface area contributed by atoms with Crippen molar-refractivity contribution in [3.8, 4) is 11.3 Å². The van der Waals surface area contributed by atoms with Gasteiger partial charge in [-0.1, -0.05) is 18.2 Å². The van der Waals surface area contributed by atoms with E-state index in [-0.39, 0.29) is 17.5 Å². The monoisotopic (exact) mass is 352 g/mol. The first-order chi connectivity index (χ1) is 12.1. The number of aromatic nitrogens is 1. The number of hydrogen-bond acceptors (Lipinski definition) is 4. The minimum atomic E-state index is -0.351. The Hall–Kier alpha value is -2.99. The predicted molar refractivity (Wildman–Crippen MR) is 96.4 cm³/mol. The van der Waals surface area contributed by atoms with Gasteiger partial charge in [0.1, 0.15) is 11.4 Å². The maximum atomic E-state index is 13.1. The molecule has 0 saturated heterocycles. The Morgan fingerprint density at radius 1 is 1.16 bits per heavy atom. The van der Waals surface area contributed by atoms with Crippen molar-refractivity contribution in [2.24, 2.45) is 0 Å². The quantitative estimate of drug-likeness (QED) is 0.547. The van der Waals surface area contributed by atoms with Crippen LogP contribution in [0.2, 0.25) is 0 Å². The van der Waals surface area contributed by atoms with Gasteiger partial charge < -0.3 is 4.42 Å². The molecule has 0 saturated carbocycles. The number of nitrogens with zero attached hydrogens (tertiary/aromatic N) is 1. The highest BCUT2D eigenvalue weighted by Crippen LogP contribution is 2.31. The molecule has 2 aromatic heterocycles. The van der Waals surface area contributed by atoms with Crippen molar-refractivity contribution in [2.75, 3.05) is 5.32 Å². The first-order valence-electron chi connectivity index (χ1n) is 7.63. The van der Waals surface area contributed by atoms with Gasteiger partial charge in [-0.05, 0) is 43.3 Å². The molecule has 6 heteroatoms. The zero-order valence-electron chi connectivity index (χ0n) is 13.2. The third kappa shape index (κ3) is 3.04. The third-order valence-corrected chi connectivity index (χ3v) is 4.67. The molecule has 4 aromatic rings. The summed E-state index contributed by atoms with van der Waals surface area (Å²) in [5.74, 6) is -0.414. The summed E-state index contributed by atoms with van der Waals surface area (Å²) in [5.41, 5.74) is 2.19. The van der Waals surface area contributed by atoms with E-state index < -0.39 is 0 Å². The number of hydrogen-bond donors (Lipinski definition) is 1. The first kappa shape index (κ1) is 15.5. The van der Waals surface area contributed by atoms with Gasteiger partial charge in [-0.2, -0.15) is 0 Å². The fraction of sp³-hybridized carbons (Fsp3) is 0.0526.